The van der Waals surface area contributed by atoms with Gasteiger partial charge in [0.2, 0.25) is 0 Å². The first-order valence-corrected chi connectivity index (χ1v) is 14.0. The van der Waals surface area contributed by atoms with Gasteiger partial charge in [0.05, 0.1) is 19.1 Å². The van der Waals surface area contributed by atoms with Crippen molar-refractivity contribution >= 4 is 33.4 Å². The SMILES string of the molecule is COc1ccc(-n2nc(C(N)=O)c3c2C(=O)N(c2ccc(/C(=N/S(C)(=O)=O)N4CCCC4)cc2)CC3)cc1. The maximum atomic E-state index is 13.8. The van der Waals surface area contributed by atoms with E-state index in [0.29, 0.717) is 47.1 Å². The van der Waals surface area contributed by atoms with Gasteiger partial charge in [-0.1, -0.05) is 0 Å². The third kappa shape index (κ3) is 4.86. The van der Waals surface area contributed by atoms with Crippen molar-refractivity contribution in [1.29, 1.82) is 0 Å². The van der Waals surface area contributed by atoms with Gasteiger partial charge in [-0.25, -0.2) is 13.1 Å². The number of ether oxygens (including phenoxy) is 1. The van der Waals surface area contributed by atoms with Crippen molar-refractivity contribution in [2.75, 3.05) is 37.9 Å². The molecule has 2 aromatic carbocycles. The zero-order valence-electron chi connectivity index (χ0n) is 21.1. The molecule has 198 valence electrons. The molecule has 0 bridgehead atoms. The lowest BCUT2D eigenvalue weighted by molar-refractivity contribution is 0.0972. The summed E-state index contributed by atoms with van der Waals surface area (Å²) in [6, 6.07) is 14.1. The molecule has 2 N–H and O–H groups in total. The van der Waals surface area contributed by atoms with E-state index in [2.05, 4.69) is 9.50 Å². The Morgan fingerprint density at radius 3 is 2.21 bits per heavy atom. The van der Waals surface area contributed by atoms with Gasteiger partial charge in [-0.2, -0.15) is 5.10 Å². The van der Waals surface area contributed by atoms with Gasteiger partial charge in [0.25, 0.3) is 21.8 Å². The summed E-state index contributed by atoms with van der Waals surface area (Å²) in [5, 5.41) is 4.39. The summed E-state index contributed by atoms with van der Waals surface area (Å²) in [4.78, 5) is 29.5. The third-order valence-corrected chi connectivity index (χ3v) is 7.17. The summed E-state index contributed by atoms with van der Waals surface area (Å²) in [6.07, 6.45) is 3.42. The number of likely N-dealkylation sites (tertiary alicyclic amines) is 1. The molecule has 3 aromatic rings. The number of carbonyl (C=O) groups excluding carboxylic acids is 2. The third-order valence-electron chi connectivity index (χ3n) is 6.66. The van der Waals surface area contributed by atoms with Crippen molar-refractivity contribution in [3.63, 3.8) is 0 Å². The molecule has 1 aromatic heterocycles. The zero-order valence-corrected chi connectivity index (χ0v) is 21.9. The highest BCUT2D eigenvalue weighted by Gasteiger charge is 2.34. The van der Waals surface area contributed by atoms with Gasteiger partial charge in [0.15, 0.2) is 5.69 Å². The predicted molar refractivity (Wildman–Crippen MR) is 143 cm³/mol. The quantitative estimate of drug-likeness (QED) is 0.375. The number of rotatable bonds is 6. The summed E-state index contributed by atoms with van der Waals surface area (Å²) in [6.45, 7) is 1.80. The Kier molecular flexibility index (Phi) is 6.66. The number of fused-ring (bicyclic) bond motifs is 1. The summed E-state index contributed by atoms with van der Waals surface area (Å²) < 4.78 is 34.6. The van der Waals surface area contributed by atoms with Crippen molar-refractivity contribution in [1.82, 2.24) is 14.7 Å². The number of methoxy groups -OCH3 is 1. The molecule has 3 heterocycles. The summed E-state index contributed by atoms with van der Waals surface area (Å²) >= 11 is 0. The molecule has 11 nitrogen and oxygen atoms in total. The van der Waals surface area contributed by atoms with E-state index < -0.39 is 15.9 Å². The van der Waals surface area contributed by atoms with Crippen LogP contribution in [-0.2, 0) is 16.4 Å². The Hall–Kier alpha value is -4.19. The highest BCUT2D eigenvalue weighted by atomic mass is 32.2. The first-order valence-electron chi connectivity index (χ1n) is 12.2. The van der Waals surface area contributed by atoms with Crippen LogP contribution in [0.4, 0.5) is 5.69 Å². The molecule has 0 radical (unpaired) electrons. The number of hydrogen-bond donors (Lipinski definition) is 1. The lowest BCUT2D eigenvalue weighted by Crippen LogP contribution is -2.39. The number of nitrogens with zero attached hydrogens (tertiary/aromatic N) is 5. The van der Waals surface area contributed by atoms with E-state index in [-0.39, 0.29) is 17.3 Å². The molecule has 5 rings (SSSR count). The van der Waals surface area contributed by atoms with Gasteiger partial charge in [-0.15, -0.1) is 4.40 Å². The Morgan fingerprint density at radius 2 is 1.63 bits per heavy atom. The lowest BCUT2D eigenvalue weighted by atomic mass is 10.0. The Balaban J connectivity index is 1.50. The molecule has 2 aliphatic heterocycles. The van der Waals surface area contributed by atoms with Crippen LogP contribution < -0.4 is 15.4 Å². The number of aromatic nitrogens is 2. The normalized spacial score (nSPS) is 16.1. The summed E-state index contributed by atoms with van der Waals surface area (Å²) in [7, 11) is -2.04. The monoisotopic (exact) mass is 536 g/mol. The predicted octanol–water partition coefficient (Wildman–Crippen LogP) is 1.98. The van der Waals surface area contributed by atoms with Crippen LogP contribution in [0.1, 0.15) is 44.9 Å². The highest BCUT2D eigenvalue weighted by Crippen LogP contribution is 2.30. The van der Waals surface area contributed by atoms with Crippen molar-refractivity contribution in [3.05, 3.63) is 71.0 Å². The maximum Gasteiger partial charge on any atom is 0.277 e. The van der Waals surface area contributed by atoms with E-state index in [1.54, 1.807) is 60.5 Å². The van der Waals surface area contributed by atoms with Crippen LogP contribution in [-0.4, -0.2) is 73.7 Å². The van der Waals surface area contributed by atoms with Crippen molar-refractivity contribution in [3.8, 4) is 11.4 Å². The van der Waals surface area contributed by atoms with E-state index in [9.17, 15) is 18.0 Å². The number of sulfonamides is 1. The fourth-order valence-electron chi connectivity index (χ4n) is 4.88. The number of carbonyl (C=O) groups is 2. The van der Waals surface area contributed by atoms with Gasteiger partial charge in [0.1, 0.15) is 17.3 Å². The molecule has 0 spiro atoms. The fraction of sp³-hybridized carbons (Fsp3) is 0.308. The van der Waals surface area contributed by atoms with Crippen LogP contribution >= 0.6 is 0 Å². The summed E-state index contributed by atoms with van der Waals surface area (Å²) in [5.74, 6) is 0.0382. The largest absolute Gasteiger partial charge is 0.497 e. The van der Waals surface area contributed by atoms with Crippen LogP contribution in [0.5, 0.6) is 5.75 Å². The van der Waals surface area contributed by atoms with Crippen molar-refractivity contribution < 1.29 is 22.7 Å². The molecule has 0 unspecified atom stereocenters. The standard InChI is InChI=1S/C26H28N6O5S/c1-37-20-11-9-19(10-12-20)32-23-21(22(28-32)24(27)33)13-16-31(26(23)34)18-7-5-17(6-8-18)25(29-38(2,35)36)30-14-3-4-15-30/h5-12H,3-4,13-16H2,1-2H3,(H2,27,33)/b29-25-. The molecule has 1 saturated heterocycles. The molecule has 2 amide bonds. The van der Waals surface area contributed by atoms with Crippen molar-refractivity contribution in [2.24, 2.45) is 10.1 Å². The molecule has 0 aliphatic carbocycles. The van der Waals surface area contributed by atoms with Crippen LogP contribution in [0.3, 0.4) is 0 Å². The van der Waals surface area contributed by atoms with Gasteiger partial charge >= 0.3 is 0 Å². The van der Waals surface area contributed by atoms with E-state index >= 15 is 0 Å². The number of nitrogens with two attached hydrogens (primary N) is 1. The molecule has 12 heteroatoms. The topological polar surface area (TPSA) is 140 Å². The zero-order chi connectivity index (χ0) is 27.0. The number of hydrogen-bond acceptors (Lipinski definition) is 6. The first kappa shape index (κ1) is 25.5. The van der Waals surface area contributed by atoms with Gasteiger partial charge in [-0.05, 0) is 67.8 Å². The summed E-state index contributed by atoms with van der Waals surface area (Å²) in [5.41, 5.74) is 8.33. The van der Waals surface area contributed by atoms with Gasteiger partial charge < -0.3 is 20.3 Å². The van der Waals surface area contributed by atoms with Gasteiger partial charge in [-0.3, -0.25) is 9.59 Å². The molecule has 0 saturated carbocycles. The molecular formula is C26H28N6O5S. The van der Waals surface area contributed by atoms with E-state index in [4.69, 9.17) is 10.5 Å². The first-order chi connectivity index (χ1) is 18.2. The van der Waals surface area contributed by atoms with Crippen LogP contribution in [0.25, 0.3) is 5.69 Å². The second-order valence-electron chi connectivity index (χ2n) is 9.25. The number of amides is 2. The number of primary amides is 1. The van der Waals surface area contributed by atoms with E-state index in [0.717, 1.165) is 32.2 Å². The van der Waals surface area contributed by atoms with Gasteiger partial charge in [0, 0.05) is 36.4 Å². The van der Waals surface area contributed by atoms with Crippen LogP contribution in [0.15, 0.2) is 52.9 Å². The molecule has 0 atom stereocenters. The molecule has 38 heavy (non-hydrogen) atoms. The highest BCUT2D eigenvalue weighted by molar-refractivity contribution is 7.89. The van der Waals surface area contributed by atoms with Crippen molar-refractivity contribution in [2.45, 2.75) is 19.3 Å². The Labute approximate surface area is 220 Å². The Bertz CT molecular complexity index is 1520. The smallest absolute Gasteiger partial charge is 0.277 e. The number of anilines is 1. The second-order valence-corrected chi connectivity index (χ2v) is 10.9. The average molecular weight is 537 g/mol. The fourth-order valence-corrected chi connectivity index (χ4v) is 5.42. The lowest BCUT2D eigenvalue weighted by Gasteiger charge is -2.28. The minimum atomic E-state index is -3.60. The number of benzene rings is 2. The number of amidine groups is 1. The second kappa shape index (κ2) is 9.93. The maximum absolute atomic E-state index is 13.8. The molecule has 2 aliphatic rings. The van der Waals surface area contributed by atoms with Crippen LogP contribution in [0.2, 0.25) is 0 Å². The van der Waals surface area contributed by atoms with E-state index in [1.165, 1.54) is 4.68 Å². The average Bonchev–Trinajstić information content (AvgIpc) is 3.56. The molecular weight excluding hydrogens is 508 g/mol. The minimum absolute atomic E-state index is 0.0754. The minimum Gasteiger partial charge on any atom is -0.497 e. The van der Waals surface area contributed by atoms with Crippen LogP contribution in [0, 0.1) is 0 Å². The molecule has 1 fully saturated rings. The Morgan fingerprint density at radius 1 is 1.00 bits per heavy atom. The van der Waals surface area contributed by atoms with E-state index in [1.807, 2.05) is 4.90 Å².